The third-order valence-electron chi connectivity index (χ3n) is 5.12. The first-order chi connectivity index (χ1) is 17.1. The molecule has 3 N–H and O–H groups in total. The van der Waals surface area contributed by atoms with Crippen LogP contribution >= 0.6 is 11.6 Å². The van der Waals surface area contributed by atoms with Crippen molar-refractivity contribution < 1.29 is 27.5 Å². The molecule has 36 heavy (non-hydrogen) atoms. The van der Waals surface area contributed by atoms with Crippen molar-refractivity contribution in [3.8, 4) is 11.6 Å². The van der Waals surface area contributed by atoms with Gasteiger partial charge in [0.2, 0.25) is 5.95 Å². The summed E-state index contributed by atoms with van der Waals surface area (Å²) < 4.78 is 55.3. The van der Waals surface area contributed by atoms with E-state index in [9.17, 15) is 27.5 Å². The molecule has 2 heterocycles. The first-order valence-corrected chi connectivity index (χ1v) is 10.9. The largest absolute Gasteiger partial charge is 0.508 e. The Morgan fingerprint density at radius 2 is 1.92 bits per heavy atom. The van der Waals surface area contributed by atoms with Crippen LogP contribution in [0, 0.1) is 5.82 Å². The van der Waals surface area contributed by atoms with Gasteiger partial charge in [0, 0.05) is 25.1 Å². The predicted octanol–water partition coefficient (Wildman–Crippen LogP) is 5.50. The van der Waals surface area contributed by atoms with Crippen LogP contribution in [0.15, 0.2) is 67.1 Å². The fraction of sp³-hybridized carbons (Fsp3) is 0.125. The summed E-state index contributed by atoms with van der Waals surface area (Å²) in [5, 5.41) is 15.1. The second-order valence-electron chi connectivity index (χ2n) is 7.62. The lowest BCUT2D eigenvalue weighted by atomic mass is 10.1. The molecule has 0 fully saturated rings. The van der Waals surface area contributed by atoms with E-state index in [1.165, 1.54) is 30.6 Å². The van der Waals surface area contributed by atoms with E-state index in [-0.39, 0.29) is 34.5 Å². The van der Waals surface area contributed by atoms with Gasteiger partial charge in [-0.05, 0) is 42.3 Å². The molecular weight excluding hydrogens is 502 g/mol. The molecule has 0 radical (unpaired) electrons. The van der Waals surface area contributed by atoms with Gasteiger partial charge in [-0.25, -0.2) is 9.37 Å². The number of benzene rings is 2. The van der Waals surface area contributed by atoms with Crippen molar-refractivity contribution in [2.75, 3.05) is 11.9 Å². The molecule has 0 bridgehead atoms. The zero-order valence-electron chi connectivity index (χ0n) is 18.4. The number of phenolic OH excluding ortho intramolecular Hbond substituents is 1. The smallest absolute Gasteiger partial charge is 0.421 e. The Kier molecular flexibility index (Phi) is 7.11. The number of rotatable bonds is 7. The quantitative estimate of drug-likeness (QED) is 0.280. The van der Waals surface area contributed by atoms with Gasteiger partial charge in [-0.3, -0.25) is 4.79 Å². The van der Waals surface area contributed by atoms with Gasteiger partial charge in [0.25, 0.3) is 5.91 Å². The Labute approximate surface area is 207 Å². The van der Waals surface area contributed by atoms with E-state index in [0.29, 0.717) is 18.2 Å². The maximum atomic E-state index is 13.7. The molecule has 4 aromatic rings. The SMILES string of the molecule is O=C(NCCc1ccccc1O)c1ccn(-c2nc(Nc3ccc(F)cc3Cl)ncc2C(F)(F)F)c1. The Morgan fingerprint density at radius 1 is 1.14 bits per heavy atom. The van der Waals surface area contributed by atoms with Crippen LogP contribution in [-0.4, -0.2) is 32.1 Å². The van der Waals surface area contributed by atoms with Gasteiger partial charge in [-0.2, -0.15) is 18.2 Å². The van der Waals surface area contributed by atoms with Crippen LogP contribution in [0.5, 0.6) is 5.75 Å². The zero-order chi connectivity index (χ0) is 25.9. The monoisotopic (exact) mass is 519 g/mol. The normalized spacial score (nSPS) is 11.4. The summed E-state index contributed by atoms with van der Waals surface area (Å²) in [6.45, 7) is 0.204. The lowest BCUT2D eigenvalue weighted by molar-refractivity contribution is -0.137. The molecular formula is C24H18ClF4N5O2. The first-order valence-electron chi connectivity index (χ1n) is 10.5. The van der Waals surface area contributed by atoms with Gasteiger partial charge < -0.3 is 20.3 Å². The predicted molar refractivity (Wildman–Crippen MR) is 125 cm³/mol. The molecule has 0 spiro atoms. The van der Waals surface area contributed by atoms with Gasteiger partial charge in [-0.1, -0.05) is 29.8 Å². The van der Waals surface area contributed by atoms with E-state index in [4.69, 9.17) is 11.6 Å². The summed E-state index contributed by atoms with van der Waals surface area (Å²) in [6.07, 6.45) is -1.32. The highest BCUT2D eigenvalue weighted by Crippen LogP contribution is 2.34. The second-order valence-corrected chi connectivity index (χ2v) is 8.03. The Morgan fingerprint density at radius 3 is 2.64 bits per heavy atom. The molecule has 0 atom stereocenters. The van der Waals surface area contributed by atoms with Crippen LogP contribution in [0.4, 0.5) is 29.2 Å². The fourth-order valence-electron chi connectivity index (χ4n) is 3.34. The van der Waals surface area contributed by atoms with Crippen LogP contribution in [0.3, 0.4) is 0 Å². The summed E-state index contributed by atoms with van der Waals surface area (Å²) in [6, 6.07) is 11.5. The lowest BCUT2D eigenvalue weighted by Gasteiger charge is -2.14. The van der Waals surface area contributed by atoms with Crippen molar-refractivity contribution in [3.63, 3.8) is 0 Å². The standard InChI is InChI=1S/C24H18ClF4N5O2/c25-18-11-16(26)5-6-19(18)32-23-31-12-17(24(27,28)29)21(33-23)34-10-8-15(13-34)22(36)30-9-7-14-3-1-2-4-20(14)35/h1-6,8,10-13,35H,7,9H2,(H,30,36)(H,31,32,33). The lowest BCUT2D eigenvalue weighted by Crippen LogP contribution is -2.25. The number of amides is 1. The minimum atomic E-state index is -4.77. The topological polar surface area (TPSA) is 92.1 Å². The molecule has 0 aliphatic carbocycles. The number of anilines is 2. The Hall–Kier alpha value is -4.12. The number of halogens is 5. The van der Waals surface area contributed by atoms with E-state index in [1.807, 2.05) is 0 Å². The van der Waals surface area contributed by atoms with Crippen LogP contribution in [0.2, 0.25) is 5.02 Å². The molecule has 1 amide bonds. The molecule has 12 heteroatoms. The number of para-hydroxylation sites is 1. The first kappa shape index (κ1) is 25.0. The number of hydrogen-bond donors (Lipinski definition) is 3. The number of hydrogen-bond acceptors (Lipinski definition) is 5. The summed E-state index contributed by atoms with van der Waals surface area (Å²) in [7, 11) is 0. The van der Waals surface area contributed by atoms with E-state index in [1.54, 1.807) is 18.2 Å². The van der Waals surface area contributed by atoms with Crippen LogP contribution < -0.4 is 10.6 Å². The molecule has 186 valence electrons. The number of nitrogens with zero attached hydrogens (tertiary/aromatic N) is 3. The summed E-state index contributed by atoms with van der Waals surface area (Å²) in [4.78, 5) is 20.2. The third-order valence-corrected chi connectivity index (χ3v) is 5.44. The maximum absolute atomic E-state index is 13.7. The van der Waals surface area contributed by atoms with Crippen molar-refractivity contribution in [1.82, 2.24) is 19.9 Å². The van der Waals surface area contributed by atoms with Crippen molar-refractivity contribution in [3.05, 3.63) is 94.7 Å². The highest BCUT2D eigenvalue weighted by Gasteiger charge is 2.36. The highest BCUT2D eigenvalue weighted by molar-refractivity contribution is 6.33. The van der Waals surface area contributed by atoms with Crippen molar-refractivity contribution in [1.29, 1.82) is 0 Å². The van der Waals surface area contributed by atoms with E-state index in [2.05, 4.69) is 20.6 Å². The number of nitrogens with one attached hydrogen (secondary N) is 2. The van der Waals surface area contributed by atoms with E-state index in [0.717, 1.165) is 16.7 Å². The van der Waals surface area contributed by atoms with Crippen LogP contribution in [-0.2, 0) is 12.6 Å². The highest BCUT2D eigenvalue weighted by atomic mass is 35.5. The molecule has 0 unspecified atom stereocenters. The second kappa shape index (κ2) is 10.2. The van der Waals surface area contributed by atoms with Gasteiger partial charge in [0.1, 0.15) is 17.1 Å². The number of aromatic nitrogens is 3. The fourth-order valence-corrected chi connectivity index (χ4v) is 3.55. The van der Waals surface area contributed by atoms with Crippen molar-refractivity contribution in [2.24, 2.45) is 0 Å². The zero-order valence-corrected chi connectivity index (χ0v) is 19.1. The van der Waals surface area contributed by atoms with Crippen LogP contribution in [0.25, 0.3) is 5.82 Å². The average Bonchev–Trinajstić information content (AvgIpc) is 3.32. The molecule has 7 nitrogen and oxygen atoms in total. The van der Waals surface area contributed by atoms with Gasteiger partial charge >= 0.3 is 6.18 Å². The molecule has 0 aliphatic heterocycles. The summed E-state index contributed by atoms with van der Waals surface area (Å²) >= 11 is 5.97. The number of aromatic hydroxyl groups is 1. The summed E-state index contributed by atoms with van der Waals surface area (Å²) in [5.74, 6) is -1.73. The molecule has 0 saturated heterocycles. The molecule has 4 rings (SSSR count). The van der Waals surface area contributed by atoms with Crippen LogP contribution in [0.1, 0.15) is 21.5 Å². The Balaban J connectivity index is 1.55. The number of carbonyl (C=O) groups is 1. The number of alkyl halides is 3. The van der Waals surface area contributed by atoms with Crippen molar-refractivity contribution in [2.45, 2.75) is 12.6 Å². The van der Waals surface area contributed by atoms with Gasteiger partial charge in [-0.15, -0.1) is 0 Å². The van der Waals surface area contributed by atoms with E-state index < -0.39 is 29.3 Å². The maximum Gasteiger partial charge on any atom is 0.421 e. The molecule has 2 aromatic carbocycles. The Bertz CT molecular complexity index is 1410. The number of phenols is 1. The molecule has 0 saturated carbocycles. The third kappa shape index (κ3) is 5.74. The minimum absolute atomic E-state index is 0.0104. The van der Waals surface area contributed by atoms with E-state index >= 15 is 0 Å². The van der Waals surface area contributed by atoms with Gasteiger partial charge in [0.15, 0.2) is 5.82 Å². The van der Waals surface area contributed by atoms with Crippen molar-refractivity contribution >= 4 is 29.1 Å². The average molecular weight is 520 g/mol. The summed E-state index contributed by atoms with van der Waals surface area (Å²) in [5.41, 5.74) is -0.177. The molecule has 0 aliphatic rings. The minimum Gasteiger partial charge on any atom is -0.508 e. The van der Waals surface area contributed by atoms with Gasteiger partial charge in [0.05, 0.1) is 16.3 Å². The number of carbonyl (C=O) groups excluding carboxylic acids is 1. The molecule has 2 aromatic heterocycles.